The monoisotopic (exact) mass is 345 g/mol. The van der Waals surface area contributed by atoms with Crippen LogP contribution in [-0.2, 0) is 10.0 Å². The van der Waals surface area contributed by atoms with Crippen LogP contribution in [0.3, 0.4) is 0 Å². The van der Waals surface area contributed by atoms with Gasteiger partial charge in [-0.25, -0.2) is 22.8 Å². The molecule has 0 aliphatic rings. The number of para-hydroxylation sites is 1. The van der Waals surface area contributed by atoms with Crippen LogP contribution < -0.4 is 4.72 Å². The first kappa shape index (κ1) is 16.4. The molecule has 0 fully saturated rings. The van der Waals surface area contributed by atoms with Gasteiger partial charge in [0.05, 0.1) is 24.1 Å². The molecule has 8 heteroatoms. The Hall–Kier alpha value is -2.45. The number of imidazole rings is 1. The molecule has 2 heterocycles. The van der Waals surface area contributed by atoms with Crippen LogP contribution in [0.15, 0.2) is 60.0 Å². The van der Waals surface area contributed by atoms with Crippen molar-refractivity contribution in [3.05, 3.63) is 60.9 Å². The van der Waals surface area contributed by atoms with E-state index in [4.69, 9.17) is 0 Å². The molecule has 2 aromatic heterocycles. The highest BCUT2D eigenvalue weighted by molar-refractivity contribution is 7.89. The Kier molecular flexibility index (Phi) is 4.50. The topological polar surface area (TPSA) is 92.7 Å². The van der Waals surface area contributed by atoms with Gasteiger partial charge in [-0.15, -0.1) is 0 Å². The lowest BCUT2D eigenvalue weighted by Crippen LogP contribution is -2.32. The normalized spacial score (nSPS) is 13.3. The summed E-state index contributed by atoms with van der Waals surface area (Å²) in [4.78, 5) is 7.24. The summed E-state index contributed by atoms with van der Waals surface area (Å²) < 4.78 is 29.6. The zero-order chi connectivity index (χ0) is 17.2. The van der Waals surface area contributed by atoms with Gasteiger partial charge in [-0.2, -0.15) is 5.10 Å². The quantitative estimate of drug-likeness (QED) is 0.717. The second-order valence-corrected chi connectivity index (χ2v) is 7.49. The van der Waals surface area contributed by atoms with E-state index in [-0.39, 0.29) is 10.8 Å². The second-order valence-electron chi connectivity index (χ2n) is 5.77. The smallest absolute Gasteiger partial charge is 0.244 e. The summed E-state index contributed by atoms with van der Waals surface area (Å²) in [6, 6.07) is 8.91. The van der Waals surface area contributed by atoms with E-state index in [1.54, 1.807) is 12.4 Å². The molecule has 7 nitrogen and oxygen atoms in total. The number of nitrogens with one attached hydrogen (secondary N) is 2. The number of hydrogen-bond donors (Lipinski definition) is 2. The molecule has 3 rings (SSSR count). The number of sulfonamides is 1. The molecule has 0 aliphatic carbocycles. The SMILES string of the molecule is CC(C)C(NS(=O)(=O)c1cnn(-c2ccccc2)c1)c1ncc[nH]1. The molecule has 0 radical (unpaired) electrons. The maximum atomic E-state index is 12.7. The largest absolute Gasteiger partial charge is 0.347 e. The van der Waals surface area contributed by atoms with Crippen molar-refractivity contribution in [3.8, 4) is 5.69 Å². The van der Waals surface area contributed by atoms with Gasteiger partial charge < -0.3 is 4.98 Å². The van der Waals surface area contributed by atoms with Crippen LogP contribution in [0.5, 0.6) is 0 Å². The van der Waals surface area contributed by atoms with E-state index in [0.717, 1.165) is 5.69 Å². The molecular formula is C16H19N5O2S. The van der Waals surface area contributed by atoms with Crippen LogP contribution in [0.2, 0.25) is 0 Å². The molecule has 3 aromatic rings. The van der Waals surface area contributed by atoms with E-state index in [0.29, 0.717) is 5.82 Å². The van der Waals surface area contributed by atoms with Crippen LogP contribution in [-0.4, -0.2) is 28.2 Å². The van der Waals surface area contributed by atoms with Crippen LogP contribution in [0.1, 0.15) is 25.7 Å². The fourth-order valence-corrected chi connectivity index (χ4v) is 3.64. The molecule has 0 bridgehead atoms. The number of hydrogen-bond acceptors (Lipinski definition) is 4. The highest BCUT2D eigenvalue weighted by Gasteiger charge is 2.26. The van der Waals surface area contributed by atoms with Crippen molar-refractivity contribution in [1.82, 2.24) is 24.5 Å². The van der Waals surface area contributed by atoms with Gasteiger partial charge in [-0.3, -0.25) is 0 Å². The minimum Gasteiger partial charge on any atom is -0.347 e. The number of aromatic nitrogens is 4. The third-order valence-electron chi connectivity index (χ3n) is 3.65. The first-order chi connectivity index (χ1) is 11.5. The summed E-state index contributed by atoms with van der Waals surface area (Å²) in [5, 5.41) is 4.14. The van der Waals surface area contributed by atoms with Crippen molar-refractivity contribution in [2.75, 3.05) is 0 Å². The first-order valence-corrected chi connectivity index (χ1v) is 9.07. The number of rotatable bonds is 6. The molecule has 126 valence electrons. The molecule has 1 unspecified atom stereocenters. The number of nitrogens with zero attached hydrogens (tertiary/aromatic N) is 3. The summed E-state index contributed by atoms with van der Waals surface area (Å²) in [5.41, 5.74) is 0.797. The average molecular weight is 345 g/mol. The second kappa shape index (κ2) is 6.58. The zero-order valence-corrected chi connectivity index (χ0v) is 14.2. The molecule has 24 heavy (non-hydrogen) atoms. The van der Waals surface area contributed by atoms with E-state index in [1.165, 1.54) is 17.1 Å². The lowest BCUT2D eigenvalue weighted by molar-refractivity contribution is 0.447. The Balaban J connectivity index is 1.87. The van der Waals surface area contributed by atoms with Gasteiger partial charge in [-0.05, 0) is 18.1 Å². The summed E-state index contributed by atoms with van der Waals surface area (Å²) in [7, 11) is -3.71. The fourth-order valence-electron chi connectivity index (χ4n) is 2.36. The zero-order valence-electron chi connectivity index (χ0n) is 13.4. The molecule has 1 atom stereocenters. The Morgan fingerprint density at radius 2 is 1.96 bits per heavy atom. The molecule has 0 saturated carbocycles. The third-order valence-corrected chi connectivity index (χ3v) is 5.05. The lowest BCUT2D eigenvalue weighted by atomic mass is 10.1. The van der Waals surface area contributed by atoms with Gasteiger partial charge in [-0.1, -0.05) is 32.0 Å². The number of benzene rings is 1. The van der Waals surface area contributed by atoms with Crippen molar-refractivity contribution in [2.24, 2.45) is 5.92 Å². The minimum atomic E-state index is -3.71. The Bertz CT molecular complexity index is 886. The molecule has 0 aliphatic heterocycles. The average Bonchev–Trinajstić information content (AvgIpc) is 3.25. The number of aromatic amines is 1. The lowest BCUT2D eigenvalue weighted by Gasteiger charge is -2.19. The number of H-pyrrole nitrogens is 1. The molecular weight excluding hydrogens is 326 g/mol. The van der Waals surface area contributed by atoms with Gasteiger partial charge in [0.15, 0.2) is 0 Å². The Labute approximate surface area is 140 Å². The van der Waals surface area contributed by atoms with Crippen LogP contribution in [0, 0.1) is 5.92 Å². The summed E-state index contributed by atoms with van der Waals surface area (Å²) >= 11 is 0. The van der Waals surface area contributed by atoms with E-state index < -0.39 is 16.1 Å². The highest BCUT2D eigenvalue weighted by Crippen LogP contribution is 2.22. The van der Waals surface area contributed by atoms with Gasteiger partial charge in [0.2, 0.25) is 10.0 Å². The van der Waals surface area contributed by atoms with Crippen molar-refractivity contribution in [1.29, 1.82) is 0 Å². The summed E-state index contributed by atoms with van der Waals surface area (Å²) in [5.74, 6) is 0.624. The van der Waals surface area contributed by atoms with Crippen molar-refractivity contribution >= 4 is 10.0 Å². The molecule has 1 aromatic carbocycles. The fraction of sp³-hybridized carbons (Fsp3) is 0.250. The molecule has 0 spiro atoms. The van der Waals surface area contributed by atoms with Crippen LogP contribution >= 0.6 is 0 Å². The van der Waals surface area contributed by atoms with Crippen LogP contribution in [0.4, 0.5) is 0 Å². The maximum absolute atomic E-state index is 12.7. The summed E-state index contributed by atoms with van der Waals surface area (Å²) in [6.45, 7) is 3.87. The van der Waals surface area contributed by atoms with E-state index >= 15 is 0 Å². The summed E-state index contributed by atoms with van der Waals surface area (Å²) in [6.07, 6.45) is 6.12. The Morgan fingerprint density at radius 1 is 1.21 bits per heavy atom. The Morgan fingerprint density at radius 3 is 2.58 bits per heavy atom. The van der Waals surface area contributed by atoms with E-state index in [1.807, 2.05) is 44.2 Å². The predicted molar refractivity (Wildman–Crippen MR) is 90.1 cm³/mol. The van der Waals surface area contributed by atoms with Gasteiger partial charge in [0.25, 0.3) is 0 Å². The molecule has 0 amide bonds. The van der Waals surface area contributed by atoms with Crippen molar-refractivity contribution in [2.45, 2.75) is 24.8 Å². The van der Waals surface area contributed by atoms with Crippen molar-refractivity contribution in [3.63, 3.8) is 0 Å². The minimum absolute atomic E-state index is 0.0371. The predicted octanol–water partition coefficient (Wildman–Crippen LogP) is 2.27. The van der Waals surface area contributed by atoms with Gasteiger partial charge >= 0.3 is 0 Å². The van der Waals surface area contributed by atoms with E-state index in [9.17, 15) is 8.42 Å². The van der Waals surface area contributed by atoms with E-state index in [2.05, 4.69) is 19.8 Å². The third kappa shape index (κ3) is 3.39. The first-order valence-electron chi connectivity index (χ1n) is 7.59. The maximum Gasteiger partial charge on any atom is 0.244 e. The van der Waals surface area contributed by atoms with Gasteiger partial charge in [0, 0.05) is 12.4 Å². The molecule has 0 saturated heterocycles. The van der Waals surface area contributed by atoms with Gasteiger partial charge in [0.1, 0.15) is 10.7 Å². The highest BCUT2D eigenvalue weighted by atomic mass is 32.2. The standard InChI is InChI=1S/C16H19N5O2S/c1-12(2)15(16-17-8-9-18-16)20-24(22,23)14-10-19-21(11-14)13-6-4-3-5-7-13/h3-12,15,20H,1-2H3,(H,17,18). The van der Waals surface area contributed by atoms with Crippen LogP contribution in [0.25, 0.3) is 5.69 Å². The van der Waals surface area contributed by atoms with Crippen molar-refractivity contribution < 1.29 is 8.42 Å². The molecule has 2 N–H and O–H groups in total.